The largest absolute Gasteiger partial charge is 0.271 e. The number of thioether (sulfide) groups is 2. The third-order valence-electron chi connectivity index (χ3n) is 3.98. The van der Waals surface area contributed by atoms with Crippen LogP contribution in [0, 0.1) is 13.8 Å². The van der Waals surface area contributed by atoms with Gasteiger partial charge >= 0.3 is 0 Å². The Kier molecular flexibility index (Phi) is 5.63. The minimum atomic E-state index is 0.252. The van der Waals surface area contributed by atoms with E-state index in [1.165, 1.54) is 34.6 Å². The predicted octanol–water partition coefficient (Wildman–Crippen LogP) is 3.44. The number of hydrogen-bond acceptors (Lipinski definition) is 4. The summed E-state index contributed by atoms with van der Waals surface area (Å²) in [7, 11) is 0. The number of nitrogens with one attached hydrogen (secondary N) is 1. The van der Waals surface area contributed by atoms with Crippen molar-refractivity contribution in [1.82, 2.24) is 5.43 Å². The van der Waals surface area contributed by atoms with Gasteiger partial charge in [0.2, 0.25) is 0 Å². The first-order chi connectivity index (χ1) is 9.19. The lowest BCUT2D eigenvalue weighted by Gasteiger charge is -2.36. The molecule has 1 saturated heterocycles. The minimum absolute atomic E-state index is 0.252. The number of aryl methyl sites for hydroxylation is 1. The topological polar surface area (TPSA) is 38.0 Å². The summed E-state index contributed by atoms with van der Waals surface area (Å²) in [4.78, 5) is 0. The molecule has 3 atom stereocenters. The number of hydrazine groups is 1. The van der Waals surface area contributed by atoms with Gasteiger partial charge in [-0.2, -0.15) is 23.5 Å². The van der Waals surface area contributed by atoms with E-state index < -0.39 is 0 Å². The van der Waals surface area contributed by atoms with E-state index in [9.17, 15) is 0 Å². The maximum absolute atomic E-state index is 5.90. The highest BCUT2D eigenvalue weighted by atomic mass is 32.2. The molecular weight excluding hydrogens is 272 g/mol. The normalized spacial score (nSPS) is 25.3. The molecule has 4 heteroatoms. The average molecular weight is 297 g/mol. The van der Waals surface area contributed by atoms with Gasteiger partial charge in [0.25, 0.3) is 0 Å². The second kappa shape index (κ2) is 7.02. The first-order valence-corrected chi connectivity index (χ1v) is 9.04. The summed E-state index contributed by atoms with van der Waals surface area (Å²) in [6.07, 6.45) is 1.21. The molecule has 3 N–H and O–H groups in total. The van der Waals surface area contributed by atoms with Crippen LogP contribution in [0.15, 0.2) is 18.2 Å². The molecular formula is C15H24N2S2. The molecule has 1 aliphatic heterocycles. The molecule has 1 heterocycles. The molecule has 19 heavy (non-hydrogen) atoms. The van der Waals surface area contributed by atoms with Crippen molar-refractivity contribution in [2.45, 2.75) is 43.7 Å². The number of nitrogens with two attached hydrogens (primary N) is 1. The third-order valence-corrected chi connectivity index (χ3v) is 7.33. The molecule has 106 valence electrons. The number of benzene rings is 1. The zero-order chi connectivity index (χ0) is 13.8. The first-order valence-electron chi connectivity index (χ1n) is 6.94. The fraction of sp³-hybridized carbons (Fsp3) is 0.600. The summed E-state index contributed by atoms with van der Waals surface area (Å²) in [5.41, 5.74) is 7.17. The van der Waals surface area contributed by atoms with Crippen LogP contribution in [0.1, 0.15) is 36.1 Å². The van der Waals surface area contributed by atoms with Crippen LogP contribution in [-0.4, -0.2) is 22.0 Å². The van der Waals surface area contributed by atoms with Crippen molar-refractivity contribution >= 4 is 23.5 Å². The van der Waals surface area contributed by atoms with Gasteiger partial charge in [-0.25, -0.2) is 0 Å². The van der Waals surface area contributed by atoms with Crippen molar-refractivity contribution in [3.63, 3.8) is 0 Å². The van der Waals surface area contributed by atoms with Gasteiger partial charge in [-0.15, -0.1) is 0 Å². The van der Waals surface area contributed by atoms with Crippen LogP contribution in [0.5, 0.6) is 0 Å². The molecule has 0 radical (unpaired) electrons. The van der Waals surface area contributed by atoms with Crippen LogP contribution in [0.25, 0.3) is 0 Å². The zero-order valence-corrected chi connectivity index (χ0v) is 13.6. The van der Waals surface area contributed by atoms with Crippen molar-refractivity contribution in [2.24, 2.45) is 5.84 Å². The SMILES string of the molecule is CCC1SCCSC1C(NN)c1cccc(C)c1C. The van der Waals surface area contributed by atoms with E-state index >= 15 is 0 Å². The van der Waals surface area contributed by atoms with Crippen molar-refractivity contribution in [3.05, 3.63) is 34.9 Å². The van der Waals surface area contributed by atoms with Gasteiger partial charge in [0.05, 0.1) is 6.04 Å². The molecule has 1 aromatic rings. The lowest BCUT2D eigenvalue weighted by atomic mass is 9.94. The highest BCUT2D eigenvalue weighted by molar-refractivity contribution is 8.07. The average Bonchev–Trinajstić information content (AvgIpc) is 2.45. The molecule has 0 amide bonds. The van der Waals surface area contributed by atoms with Crippen LogP contribution in [-0.2, 0) is 0 Å². The minimum Gasteiger partial charge on any atom is -0.271 e. The maximum atomic E-state index is 5.90. The van der Waals surface area contributed by atoms with Crippen molar-refractivity contribution < 1.29 is 0 Å². The Morgan fingerprint density at radius 2 is 2.05 bits per heavy atom. The van der Waals surface area contributed by atoms with Gasteiger partial charge in [-0.3, -0.25) is 11.3 Å². The molecule has 0 aromatic heterocycles. The summed E-state index contributed by atoms with van der Waals surface area (Å²) >= 11 is 4.18. The Labute approximate surface area is 125 Å². The lowest BCUT2D eigenvalue weighted by molar-refractivity contribution is 0.511. The Morgan fingerprint density at radius 3 is 2.74 bits per heavy atom. The van der Waals surface area contributed by atoms with Crippen molar-refractivity contribution in [2.75, 3.05) is 11.5 Å². The van der Waals surface area contributed by atoms with E-state index in [0.717, 1.165) is 0 Å². The second-order valence-corrected chi connectivity index (χ2v) is 7.72. The van der Waals surface area contributed by atoms with Gasteiger partial charge in [0, 0.05) is 22.0 Å². The van der Waals surface area contributed by atoms with E-state index in [4.69, 9.17) is 5.84 Å². The molecule has 1 aliphatic rings. The molecule has 3 unspecified atom stereocenters. The maximum Gasteiger partial charge on any atom is 0.0592 e. The monoisotopic (exact) mass is 296 g/mol. The molecule has 0 bridgehead atoms. The summed E-state index contributed by atoms with van der Waals surface area (Å²) in [5.74, 6) is 8.40. The molecule has 0 aliphatic carbocycles. The van der Waals surface area contributed by atoms with Crippen molar-refractivity contribution in [1.29, 1.82) is 0 Å². The Hall–Kier alpha value is -0.160. The van der Waals surface area contributed by atoms with Gasteiger partial charge in [0.1, 0.15) is 0 Å². The quantitative estimate of drug-likeness (QED) is 0.659. The molecule has 0 saturated carbocycles. The second-order valence-electron chi connectivity index (χ2n) is 5.09. The highest BCUT2D eigenvalue weighted by Crippen LogP contribution is 2.40. The van der Waals surface area contributed by atoms with Crippen LogP contribution >= 0.6 is 23.5 Å². The molecule has 1 aromatic carbocycles. The van der Waals surface area contributed by atoms with E-state index in [0.29, 0.717) is 10.5 Å². The highest BCUT2D eigenvalue weighted by Gasteiger charge is 2.33. The fourth-order valence-electron chi connectivity index (χ4n) is 2.72. The summed E-state index contributed by atoms with van der Waals surface area (Å²) in [6, 6.07) is 6.79. The first kappa shape index (κ1) is 15.2. The van der Waals surface area contributed by atoms with Crippen molar-refractivity contribution in [3.8, 4) is 0 Å². The van der Waals surface area contributed by atoms with Crippen LogP contribution in [0.2, 0.25) is 0 Å². The van der Waals surface area contributed by atoms with Gasteiger partial charge < -0.3 is 0 Å². The number of hydrogen-bond donors (Lipinski definition) is 2. The van der Waals surface area contributed by atoms with E-state index in [2.05, 4.69) is 67.9 Å². The molecule has 0 spiro atoms. The number of rotatable bonds is 4. The summed E-state index contributed by atoms with van der Waals surface area (Å²) in [6.45, 7) is 6.66. The van der Waals surface area contributed by atoms with Gasteiger partial charge in [0.15, 0.2) is 0 Å². The summed E-state index contributed by atoms with van der Waals surface area (Å²) < 4.78 is 0. The Balaban J connectivity index is 2.30. The molecule has 1 fully saturated rings. The third kappa shape index (κ3) is 3.30. The standard InChI is InChI=1S/C15H24N2S2/c1-4-13-15(19-9-8-18-13)14(17-16)12-7-5-6-10(2)11(12)3/h5-7,13-15,17H,4,8-9,16H2,1-3H3. The smallest absolute Gasteiger partial charge is 0.0592 e. The van der Waals surface area contributed by atoms with Crippen LogP contribution < -0.4 is 11.3 Å². The molecule has 2 nitrogen and oxygen atoms in total. The van der Waals surface area contributed by atoms with E-state index in [1.807, 2.05) is 0 Å². The predicted molar refractivity (Wildman–Crippen MR) is 88.8 cm³/mol. The fourth-order valence-corrected chi connectivity index (χ4v) is 5.94. The van der Waals surface area contributed by atoms with Crippen LogP contribution in [0.4, 0.5) is 0 Å². The van der Waals surface area contributed by atoms with Gasteiger partial charge in [-0.1, -0.05) is 25.1 Å². The molecule has 2 rings (SSSR count). The van der Waals surface area contributed by atoms with E-state index in [-0.39, 0.29) is 6.04 Å². The lowest BCUT2D eigenvalue weighted by Crippen LogP contribution is -2.42. The zero-order valence-electron chi connectivity index (χ0n) is 12.0. The Morgan fingerprint density at radius 1 is 1.32 bits per heavy atom. The summed E-state index contributed by atoms with van der Waals surface area (Å²) in [5, 5.41) is 1.26. The van der Waals surface area contributed by atoms with Gasteiger partial charge in [-0.05, 0) is 37.0 Å². The van der Waals surface area contributed by atoms with E-state index in [1.54, 1.807) is 0 Å². The Bertz CT molecular complexity index is 423. The van der Waals surface area contributed by atoms with Crippen LogP contribution in [0.3, 0.4) is 0 Å².